The van der Waals surface area contributed by atoms with Gasteiger partial charge in [0, 0.05) is 18.0 Å². The summed E-state index contributed by atoms with van der Waals surface area (Å²) in [5, 5.41) is 5.93. The highest BCUT2D eigenvalue weighted by atomic mass is 16.5. The van der Waals surface area contributed by atoms with E-state index in [1.807, 2.05) is 54.6 Å². The molecule has 1 aliphatic heterocycles. The number of amides is 1. The first kappa shape index (κ1) is 17.0. The maximum atomic E-state index is 12.1. The molecule has 2 aromatic rings. The average Bonchev–Trinajstić information content (AvgIpc) is 3.16. The van der Waals surface area contributed by atoms with Crippen LogP contribution in [0.1, 0.15) is 18.4 Å². The molecule has 0 radical (unpaired) electrons. The fraction of sp³-hybridized carbons (Fsp3) is 0.263. The number of hydrogen-bond donors (Lipinski definition) is 3. The van der Waals surface area contributed by atoms with E-state index in [4.69, 9.17) is 10.5 Å². The van der Waals surface area contributed by atoms with Crippen molar-refractivity contribution in [2.45, 2.75) is 25.5 Å². The fourth-order valence-electron chi connectivity index (χ4n) is 2.64. The Morgan fingerprint density at radius 3 is 2.68 bits per heavy atom. The number of nitrogens with one attached hydrogen (secondary N) is 2. The lowest BCUT2D eigenvalue weighted by Crippen LogP contribution is -2.26. The summed E-state index contributed by atoms with van der Waals surface area (Å²) in [5.74, 6) is 0.253. The van der Waals surface area contributed by atoms with Crippen LogP contribution in [0.25, 0.3) is 0 Å². The van der Waals surface area contributed by atoms with E-state index in [9.17, 15) is 4.79 Å². The van der Waals surface area contributed by atoms with E-state index in [-0.39, 0.29) is 12.0 Å². The third kappa shape index (κ3) is 5.06. The van der Waals surface area contributed by atoms with Gasteiger partial charge in [-0.3, -0.25) is 4.79 Å². The van der Waals surface area contributed by atoms with E-state index in [0.717, 1.165) is 29.8 Å². The Morgan fingerprint density at radius 2 is 1.92 bits per heavy atom. The molecule has 0 saturated carbocycles. The third-order valence-corrected chi connectivity index (χ3v) is 3.89. The Bertz CT molecular complexity index is 740. The van der Waals surface area contributed by atoms with Gasteiger partial charge < -0.3 is 21.1 Å². The maximum Gasteiger partial charge on any atom is 0.253 e. The molecule has 25 heavy (non-hydrogen) atoms. The first-order valence-electron chi connectivity index (χ1n) is 8.34. The number of para-hydroxylation sites is 1. The van der Waals surface area contributed by atoms with Gasteiger partial charge in [0.15, 0.2) is 5.96 Å². The molecule has 1 aliphatic rings. The first-order chi connectivity index (χ1) is 12.2. The fourth-order valence-corrected chi connectivity index (χ4v) is 2.64. The van der Waals surface area contributed by atoms with Gasteiger partial charge in [0.25, 0.3) is 5.91 Å². The van der Waals surface area contributed by atoms with Crippen molar-refractivity contribution in [2.24, 2.45) is 10.7 Å². The second-order valence-corrected chi connectivity index (χ2v) is 5.88. The minimum Gasteiger partial charge on any atom is -0.370 e. The Labute approximate surface area is 147 Å². The summed E-state index contributed by atoms with van der Waals surface area (Å²) in [7, 11) is 0. The third-order valence-electron chi connectivity index (χ3n) is 3.89. The van der Waals surface area contributed by atoms with Gasteiger partial charge in [-0.15, -0.1) is 0 Å². The molecule has 1 saturated heterocycles. The number of anilines is 2. The van der Waals surface area contributed by atoms with Crippen molar-refractivity contribution >= 4 is 23.2 Å². The van der Waals surface area contributed by atoms with Gasteiger partial charge >= 0.3 is 0 Å². The number of benzene rings is 2. The second kappa shape index (κ2) is 8.30. The number of carbonyl (C=O) groups is 1. The van der Waals surface area contributed by atoms with E-state index in [1.165, 1.54) is 0 Å². The number of guanidine groups is 1. The molecule has 3 rings (SSSR count). The van der Waals surface area contributed by atoms with E-state index in [2.05, 4.69) is 15.6 Å². The van der Waals surface area contributed by atoms with Crippen LogP contribution in [-0.4, -0.2) is 24.6 Å². The summed E-state index contributed by atoms with van der Waals surface area (Å²) in [6.45, 7) is 1.08. The molecule has 1 unspecified atom stereocenters. The van der Waals surface area contributed by atoms with E-state index < -0.39 is 0 Å². The van der Waals surface area contributed by atoms with Crippen LogP contribution in [0.15, 0.2) is 59.6 Å². The minimum atomic E-state index is -0.340. The van der Waals surface area contributed by atoms with Crippen molar-refractivity contribution in [3.63, 3.8) is 0 Å². The Kier molecular flexibility index (Phi) is 5.64. The lowest BCUT2D eigenvalue weighted by molar-refractivity contribution is -0.124. The summed E-state index contributed by atoms with van der Waals surface area (Å²) in [5.41, 5.74) is 8.50. The van der Waals surface area contributed by atoms with E-state index in [1.54, 1.807) is 0 Å². The lowest BCUT2D eigenvalue weighted by atomic mass is 10.2. The molecule has 6 heteroatoms. The molecule has 0 bridgehead atoms. The van der Waals surface area contributed by atoms with Crippen molar-refractivity contribution in [3.8, 4) is 0 Å². The summed E-state index contributed by atoms with van der Waals surface area (Å²) in [6.07, 6.45) is 1.37. The molecule has 0 aliphatic carbocycles. The van der Waals surface area contributed by atoms with Crippen molar-refractivity contribution < 1.29 is 9.53 Å². The van der Waals surface area contributed by atoms with Crippen LogP contribution in [0.3, 0.4) is 0 Å². The van der Waals surface area contributed by atoms with Gasteiger partial charge in [-0.25, -0.2) is 4.99 Å². The van der Waals surface area contributed by atoms with Crippen LogP contribution in [-0.2, 0) is 16.1 Å². The summed E-state index contributed by atoms with van der Waals surface area (Å²) in [6, 6.07) is 17.2. The molecular weight excluding hydrogens is 316 g/mol. The maximum absolute atomic E-state index is 12.1. The van der Waals surface area contributed by atoms with E-state index in [0.29, 0.717) is 19.1 Å². The van der Waals surface area contributed by atoms with Crippen LogP contribution in [0.4, 0.5) is 11.4 Å². The number of ether oxygens (including phenoxy) is 1. The zero-order valence-corrected chi connectivity index (χ0v) is 13.9. The van der Waals surface area contributed by atoms with Crippen molar-refractivity contribution in [1.29, 1.82) is 0 Å². The number of nitrogens with two attached hydrogens (primary N) is 1. The topological polar surface area (TPSA) is 88.7 Å². The number of aliphatic imine (C=N–C) groups is 1. The molecule has 2 aromatic carbocycles. The molecule has 0 spiro atoms. The van der Waals surface area contributed by atoms with Crippen molar-refractivity contribution in [1.82, 2.24) is 0 Å². The summed E-state index contributed by atoms with van der Waals surface area (Å²) in [4.78, 5) is 16.4. The molecule has 4 N–H and O–H groups in total. The monoisotopic (exact) mass is 338 g/mol. The largest absolute Gasteiger partial charge is 0.370 e. The van der Waals surface area contributed by atoms with E-state index >= 15 is 0 Å². The van der Waals surface area contributed by atoms with Crippen molar-refractivity contribution in [2.75, 3.05) is 17.2 Å². The smallest absolute Gasteiger partial charge is 0.253 e. The number of hydrogen-bond acceptors (Lipinski definition) is 3. The minimum absolute atomic E-state index is 0.0941. The van der Waals surface area contributed by atoms with Gasteiger partial charge in [-0.05, 0) is 42.7 Å². The molecule has 1 amide bonds. The predicted molar refractivity (Wildman–Crippen MR) is 99.4 cm³/mol. The van der Waals surface area contributed by atoms with Gasteiger partial charge in [-0.1, -0.05) is 30.3 Å². The highest BCUT2D eigenvalue weighted by Crippen LogP contribution is 2.16. The zero-order valence-electron chi connectivity index (χ0n) is 13.9. The predicted octanol–water partition coefficient (Wildman–Crippen LogP) is 2.73. The average molecular weight is 338 g/mol. The van der Waals surface area contributed by atoms with Gasteiger partial charge in [0.05, 0.1) is 6.54 Å². The molecule has 1 heterocycles. The molecule has 6 nitrogen and oxygen atoms in total. The van der Waals surface area contributed by atoms with Crippen LogP contribution < -0.4 is 16.4 Å². The zero-order chi connectivity index (χ0) is 17.5. The number of rotatable bonds is 5. The Balaban J connectivity index is 1.57. The Morgan fingerprint density at radius 1 is 1.12 bits per heavy atom. The Hall–Kier alpha value is -2.86. The second-order valence-electron chi connectivity index (χ2n) is 5.88. The lowest BCUT2D eigenvalue weighted by Gasteiger charge is -2.11. The van der Waals surface area contributed by atoms with Crippen LogP contribution >= 0.6 is 0 Å². The van der Waals surface area contributed by atoms with Crippen LogP contribution in [0.5, 0.6) is 0 Å². The van der Waals surface area contributed by atoms with Crippen LogP contribution in [0.2, 0.25) is 0 Å². The van der Waals surface area contributed by atoms with Crippen molar-refractivity contribution in [3.05, 3.63) is 60.2 Å². The molecular formula is C19H22N4O2. The highest BCUT2D eigenvalue weighted by molar-refractivity contribution is 5.94. The van der Waals surface area contributed by atoms with Gasteiger partial charge in [0.2, 0.25) is 0 Å². The quantitative estimate of drug-likeness (QED) is 0.578. The summed E-state index contributed by atoms with van der Waals surface area (Å²) >= 11 is 0. The van der Waals surface area contributed by atoms with Crippen LogP contribution in [0, 0.1) is 0 Å². The number of carbonyl (C=O) groups excluding carboxylic acids is 1. The van der Waals surface area contributed by atoms with Gasteiger partial charge in [-0.2, -0.15) is 0 Å². The first-order valence-corrected chi connectivity index (χ1v) is 8.34. The summed E-state index contributed by atoms with van der Waals surface area (Å²) < 4.78 is 5.39. The molecule has 130 valence electrons. The SMILES string of the molecule is NC(=NCc1cccc(NC(=O)C2CCCO2)c1)Nc1ccccc1. The highest BCUT2D eigenvalue weighted by Gasteiger charge is 2.23. The van der Waals surface area contributed by atoms with Gasteiger partial charge in [0.1, 0.15) is 6.10 Å². The standard InChI is InChI=1S/C19H22N4O2/c20-19(23-15-7-2-1-3-8-15)21-13-14-6-4-9-16(12-14)22-18(24)17-10-5-11-25-17/h1-4,6-9,12,17H,5,10-11,13H2,(H,22,24)(H3,20,21,23). The normalized spacial score (nSPS) is 17.3. The molecule has 1 fully saturated rings. The molecule has 0 aromatic heterocycles. The number of nitrogens with zero attached hydrogens (tertiary/aromatic N) is 1. The molecule has 1 atom stereocenters.